The molecule has 4 heteroatoms. The van der Waals surface area contributed by atoms with Crippen LogP contribution in [-0.4, -0.2) is 20.8 Å². The van der Waals surface area contributed by atoms with Gasteiger partial charge in [0.1, 0.15) is 0 Å². The molecule has 0 amide bonds. The molecule has 14 heavy (non-hydrogen) atoms. The summed E-state index contributed by atoms with van der Waals surface area (Å²) in [5.74, 6) is 0.780. The van der Waals surface area contributed by atoms with Crippen molar-refractivity contribution < 1.29 is 14.7 Å². The molecule has 0 rings (SSSR count). The summed E-state index contributed by atoms with van der Waals surface area (Å²) in [5.41, 5.74) is 0. The van der Waals surface area contributed by atoms with E-state index in [9.17, 15) is 0 Å². The Morgan fingerprint density at radius 1 is 0.857 bits per heavy atom. The summed E-state index contributed by atoms with van der Waals surface area (Å²) < 4.78 is 0. The first-order chi connectivity index (χ1) is 6.42. The van der Waals surface area contributed by atoms with Gasteiger partial charge in [-0.3, -0.25) is 0 Å². The SMILES string of the molecule is CC(C)CCCCCCC[PH](O)(O)O. The van der Waals surface area contributed by atoms with Gasteiger partial charge in [0.15, 0.2) is 0 Å². The Bertz CT molecular complexity index is 132. The predicted molar refractivity (Wildman–Crippen MR) is 62.4 cm³/mol. The van der Waals surface area contributed by atoms with E-state index < -0.39 is 7.94 Å². The molecule has 0 aliphatic rings. The summed E-state index contributed by atoms with van der Waals surface area (Å²) in [4.78, 5) is 26.2. The molecule has 0 spiro atoms. The van der Waals surface area contributed by atoms with Crippen molar-refractivity contribution in [2.45, 2.75) is 52.4 Å². The molecule has 0 fully saturated rings. The Balaban J connectivity index is 3.07. The van der Waals surface area contributed by atoms with Gasteiger partial charge in [0.25, 0.3) is 0 Å². The standard InChI is InChI=1S/C10H25O3P/c1-10(2)8-6-4-3-5-7-9-14(11,12)13/h10-14H,3-9H2,1-2H3. The van der Waals surface area contributed by atoms with Crippen LogP contribution in [0, 0.1) is 5.92 Å². The minimum atomic E-state index is -3.74. The molecular formula is C10H25O3P. The number of hydrogen-bond acceptors (Lipinski definition) is 3. The first kappa shape index (κ1) is 14.3. The molecule has 0 saturated heterocycles. The quantitative estimate of drug-likeness (QED) is 0.438. The van der Waals surface area contributed by atoms with Crippen molar-refractivity contribution in [3.05, 3.63) is 0 Å². The van der Waals surface area contributed by atoms with Crippen molar-refractivity contribution in [3.8, 4) is 0 Å². The van der Waals surface area contributed by atoms with Gasteiger partial charge in [0, 0.05) is 0 Å². The van der Waals surface area contributed by atoms with E-state index in [4.69, 9.17) is 14.7 Å². The molecule has 0 unspecified atom stereocenters. The third-order valence-corrected chi connectivity index (χ3v) is 3.32. The summed E-state index contributed by atoms with van der Waals surface area (Å²) in [7, 11) is -3.74. The molecule has 0 aromatic carbocycles. The van der Waals surface area contributed by atoms with Crippen LogP contribution in [-0.2, 0) is 0 Å². The molecule has 0 heterocycles. The molecule has 0 bridgehead atoms. The summed E-state index contributed by atoms with van der Waals surface area (Å²) in [6.45, 7) is 4.45. The van der Waals surface area contributed by atoms with Crippen molar-refractivity contribution in [3.63, 3.8) is 0 Å². The Kier molecular flexibility index (Phi) is 7.75. The third-order valence-electron chi connectivity index (χ3n) is 2.29. The molecule has 0 aliphatic carbocycles. The summed E-state index contributed by atoms with van der Waals surface area (Å²) >= 11 is 0. The zero-order valence-corrected chi connectivity index (χ0v) is 10.4. The van der Waals surface area contributed by atoms with Crippen molar-refractivity contribution in [1.29, 1.82) is 0 Å². The van der Waals surface area contributed by atoms with Crippen LogP contribution < -0.4 is 0 Å². The fourth-order valence-corrected chi connectivity index (χ4v) is 2.17. The van der Waals surface area contributed by atoms with Crippen LogP contribution in [0.5, 0.6) is 0 Å². The maximum absolute atomic E-state index is 8.74. The zero-order valence-electron chi connectivity index (χ0n) is 9.37. The van der Waals surface area contributed by atoms with Crippen LogP contribution in [0.1, 0.15) is 52.4 Å². The predicted octanol–water partition coefficient (Wildman–Crippen LogP) is 2.45. The topological polar surface area (TPSA) is 60.7 Å². The van der Waals surface area contributed by atoms with Crippen LogP contribution in [0.15, 0.2) is 0 Å². The monoisotopic (exact) mass is 224 g/mol. The van der Waals surface area contributed by atoms with E-state index in [0.717, 1.165) is 25.2 Å². The first-order valence-corrected chi connectivity index (χ1v) is 7.64. The Morgan fingerprint density at radius 2 is 1.36 bits per heavy atom. The van der Waals surface area contributed by atoms with Crippen LogP contribution in [0.2, 0.25) is 0 Å². The number of rotatable bonds is 8. The maximum atomic E-state index is 8.74. The average molecular weight is 224 g/mol. The fraction of sp³-hybridized carbons (Fsp3) is 1.00. The van der Waals surface area contributed by atoms with E-state index >= 15 is 0 Å². The normalized spacial score (nSPS) is 13.6. The van der Waals surface area contributed by atoms with Gasteiger partial charge in [-0.25, -0.2) is 0 Å². The van der Waals surface area contributed by atoms with E-state index in [1.54, 1.807) is 0 Å². The Labute approximate surface area is 87.8 Å². The van der Waals surface area contributed by atoms with Crippen molar-refractivity contribution in [1.82, 2.24) is 0 Å². The van der Waals surface area contributed by atoms with Gasteiger partial charge in [-0.2, -0.15) is 0 Å². The van der Waals surface area contributed by atoms with E-state index in [2.05, 4.69) is 13.8 Å². The molecule has 0 aromatic rings. The average Bonchev–Trinajstić information content (AvgIpc) is 2.00. The summed E-state index contributed by atoms with van der Waals surface area (Å²) in [5, 5.41) is 0. The molecule has 0 aliphatic heterocycles. The van der Waals surface area contributed by atoms with Crippen molar-refractivity contribution in [2.24, 2.45) is 5.92 Å². The van der Waals surface area contributed by atoms with Crippen molar-refractivity contribution >= 4 is 7.94 Å². The van der Waals surface area contributed by atoms with Gasteiger partial charge in [-0.15, -0.1) is 0 Å². The molecule has 0 saturated carbocycles. The third kappa shape index (κ3) is 12.3. The molecule has 0 radical (unpaired) electrons. The summed E-state index contributed by atoms with van der Waals surface area (Å²) in [6, 6.07) is 0. The van der Waals surface area contributed by atoms with Crippen LogP contribution in [0.4, 0.5) is 0 Å². The van der Waals surface area contributed by atoms with Crippen LogP contribution in [0.25, 0.3) is 0 Å². The first-order valence-electron chi connectivity index (χ1n) is 5.59. The van der Waals surface area contributed by atoms with E-state index in [-0.39, 0.29) is 6.16 Å². The molecule has 0 aromatic heterocycles. The van der Waals surface area contributed by atoms with Gasteiger partial charge in [-0.05, 0) is 0 Å². The van der Waals surface area contributed by atoms with Crippen LogP contribution in [0.3, 0.4) is 0 Å². The Hall–Kier alpha value is 0.310. The zero-order chi connectivity index (χ0) is 11.0. The molecule has 88 valence electrons. The van der Waals surface area contributed by atoms with Crippen molar-refractivity contribution in [2.75, 3.05) is 6.16 Å². The Morgan fingerprint density at radius 3 is 1.86 bits per heavy atom. The van der Waals surface area contributed by atoms with Gasteiger partial charge < -0.3 is 0 Å². The van der Waals surface area contributed by atoms with Gasteiger partial charge in [0.05, 0.1) is 0 Å². The number of unbranched alkanes of at least 4 members (excludes halogenated alkanes) is 4. The molecule has 0 atom stereocenters. The second-order valence-electron chi connectivity index (χ2n) is 4.47. The van der Waals surface area contributed by atoms with Crippen LogP contribution >= 0.6 is 7.94 Å². The second kappa shape index (κ2) is 7.58. The van der Waals surface area contributed by atoms with E-state index in [1.165, 1.54) is 19.3 Å². The fourth-order valence-electron chi connectivity index (χ4n) is 1.45. The van der Waals surface area contributed by atoms with Gasteiger partial charge in [-0.1, -0.05) is 0 Å². The van der Waals surface area contributed by atoms with E-state index in [0.29, 0.717) is 0 Å². The minimum absolute atomic E-state index is 0.192. The molecule has 3 nitrogen and oxygen atoms in total. The number of hydrogen-bond donors (Lipinski definition) is 3. The van der Waals surface area contributed by atoms with Gasteiger partial charge >= 0.3 is 87.1 Å². The second-order valence-corrected chi connectivity index (χ2v) is 6.52. The van der Waals surface area contributed by atoms with E-state index in [1.807, 2.05) is 0 Å². The van der Waals surface area contributed by atoms with Gasteiger partial charge in [0.2, 0.25) is 0 Å². The molecular weight excluding hydrogens is 199 g/mol. The summed E-state index contributed by atoms with van der Waals surface area (Å²) in [6.07, 6.45) is 6.81. The molecule has 3 N–H and O–H groups in total.